The van der Waals surface area contributed by atoms with Gasteiger partial charge in [0.25, 0.3) is 0 Å². The van der Waals surface area contributed by atoms with Crippen LogP contribution in [0.5, 0.6) is 0 Å². The zero-order valence-electron chi connectivity index (χ0n) is 16.0. The van der Waals surface area contributed by atoms with Crippen molar-refractivity contribution >= 4 is 6.03 Å². The molecule has 6 heteroatoms. The SMILES string of the molecule is Cc1cnc(CCNC(=O)NCc2ccc(F)cc2)n1C1CCCCCC1. The van der Waals surface area contributed by atoms with Crippen LogP contribution in [0, 0.1) is 12.7 Å². The second kappa shape index (κ2) is 9.53. The summed E-state index contributed by atoms with van der Waals surface area (Å²) in [4.78, 5) is 16.6. The van der Waals surface area contributed by atoms with Crippen molar-refractivity contribution in [2.45, 2.75) is 64.5 Å². The van der Waals surface area contributed by atoms with Crippen LogP contribution >= 0.6 is 0 Å². The highest BCUT2D eigenvalue weighted by Crippen LogP contribution is 2.29. The van der Waals surface area contributed by atoms with Crippen molar-refractivity contribution in [3.63, 3.8) is 0 Å². The van der Waals surface area contributed by atoms with Crippen molar-refractivity contribution in [2.24, 2.45) is 0 Å². The molecule has 2 amide bonds. The van der Waals surface area contributed by atoms with Crippen molar-refractivity contribution in [1.29, 1.82) is 0 Å². The third kappa shape index (κ3) is 5.55. The number of urea groups is 1. The molecule has 1 saturated carbocycles. The molecule has 1 aromatic carbocycles. The standard InChI is InChI=1S/C21H29FN4O/c1-16-14-24-20(26(16)19-6-4-2-3-5-7-19)12-13-23-21(27)25-15-17-8-10-18(22)11-9-17/h8-11,14,19H,2-7,12-13,15H2,1H3,(H2,23,25,27). The smallest absolute Gasteiger partial charge is 0.315 e. The number of amides is 2. The summed E-state index contributed by atoms with van der Waals surface area (Å²) in [6.07, 6.45) is 10.3. The molecule has 27 heavy (non-hydrogen) atoms. The second-order valence-electron chi connectivity index (χ2n) is 7.32. The van der Waals surface area contributed by atoms with E-state index >= 15 is 0 Å². The van der Waals surface area contributed by atoms with Crippen molar-refractivity contribution in [3.8, 4) is 0 Å². The first-order chi connectivity index (χ1) is 13.1. The number of halogens is 1. The summed E-state index contributed by atoms with van der Waals surface area (Å²) < 4.78 is 15.3. The van der Waals surface area contributed by atoms with Crippen molar-refractivity contribution in [1.82, 2.24) is 20.2 Å². The zero-order chi connectivity index (χ0) is 19.1. The minimum absolute atomic E-state index is 0.219. The average molecular weight is 372 g/mol. The van der Waals surface area contributed by atoms with Crippen molar-refractivity contribution in [2.75, 3.05) is 6.54 Å². The molecule has 0 unspecified atom stereocenters. The third-order valence-corrected chi connectivity index (χ3v) is 5.25. The highest BCUT2D eigenvalue weighted by Gasteiger charge is 2.19. The Morgan fingerprint density at radius 3 is 2.56 bits per heavy atom. The number of hydrogen-bond acceptors (Lipinski definition) is 2. The van der Waals surface area contributed by atoms with Gasteiger partial charge in [-0.2, -0.15) is 0 Å². The van der Waals surface area contributed by atoms with Crippen LogP contribution < -0.4 is 10.6 Å². The van der Waals surface area contributed by atoms with E-state index in [1.54, 1.807) is 12.1 Å². The molecule has 0 atom stereocenters. The topological polar surface area (TPSA) is 59.0 Å². The fraction of sp³-hybridized carbons (Fsp3) is 0.524. The molecule has 1 aliphatic carbocycles. The Kier molecular flexibility index (Phi) is 6.85. The highest BCUT2D eigenvalue weighted by atomic mass is 19.1. The van der Waals surface area contributed by atoms with E-state index in [1.807, 2.05) is 6.20 Å². The molecular formula is C21H29FN4O. The van der Waals surface area contributed by atoms with Gasteiger partial charge in [-0.15, -0.1) is 0 Å². The molecule has 3 rings (SSSR count). The van der Waals surface area contributed by atoms with E-state index in [0.717, 1.165) is 11.4 Å². The summed E-state index contributed by atoms with van der Waals surface area (Å²) in [5.41, 5.74) is 2.07. The maximum atomic E-state index is 12.9. The Morgan fingerprint density at radius 2 is 1.85 bits per heavy atom. The largest absolute Gasteiger partial charge is 0.338 e. The van der Waals surface area contributed by atoms with E-state index in [1.165, 1.54) is 56.4 Å². The number of benzene rings is 1. The summed E-state index contributed by atoms with van der Waals surface area (Å²) in [6.45, 7) is 3.03. The van der Waals surface area contributed by atoms with Crippen LogP contribution in [0.4, 0.5) is 9.18 Å². The number of carbonyl (C=O) groups excluding carboxylic acids is 1. The van der Waals surface area contributed by atoms with Gasteiger partial charge in [0.15, 0.2) is 0 Å². The Hall–Kier alpha value is -2.37. The maximum absolute atomic E-state index is 12.9. The number of nitrogens with zero attached hydrogens (tertiary/aromatic N) is 2. The van der Waals surface area contributed by atoms with Crippen LogP contribution in [0.1, 0.15) is 61.6 Å². The summed E-state index contributed by atoms with van der Waals surface area (Å²) in [5, 5.41) is 5.68. The molecule has 146 valence electrons. The summed E-state index contributed by atoms with van der Waals surface area (Å²) in [5.74, 6) is 0.779. The van der Waals surface area contributed by atoms with Crippen LogP contribution in [0.15, 0.2) is 30.5 Å². The number of hydrogen-bond donors (Lipinski definition) is 2. The van der Waals surface area contributed by atoms with Crippen LogP contribution in [0.2, 0.25) is 0 Å². The van der Waals surface area contributed by atoms with Gasteiger partial charge in [0.05, 0.1) is 0 Å². The van der Waals surface area contributed by atoms with Gasteiger partial charge < -0.3 is 15.2 Å². The van der Waals surface area contributed by atoms with E-state index in [0.29, 0.717) is 25.6 Å². The van der Waals surface area contributed by atoms with Crippen LogP contribution in [-0.4, -0.2) is 22.1 Å². The van der Waals surface area contributed by atoms with Crippen molar-refractivity contribution < 1.29 is 9.18 Å². The molecule has 1 aliphatic rings. The Labute approximate surface area is 160 Å². The Morgan fingerprint density at radius 1 is 1.15 bits per heavy atom. The van der Waals surface area contributed by atoms with Crippen LogP contribution in [0.3, 0.4) is 0 Å². The first kappa shape index (κ1) is 19.4. The van der Waals surface area contributed by atoms with Gasteiger partial charge in [-0.25, -0.2) is 14.2 Å². The predicted molar refractivity (Wildman–Crippen MR) is 104 cm³/mol. The average Bonchev–Trinajstić information content (AvgIpc) is 2.86. The number of carbonyl (C=O) groups is 1. The van der Waals surface area contributed by atoms with E-state index in [2.05, 4.69) is 27.1 Å². The Bertz CT molecular complexity index is 733. The lowest BCUT2D eigenvalue weighted by Gasteiger charge is -2.21. The highest BCUT2D eigenvalue weighted by molar-refractivity contribution is 5.73. The molecule has 5 nitrogen and oxygen atoms in total. The van der Waals surface area contributed by atoms with Gasteiger partial charge in [0.1, 0.15) is 11.6 Å². The fourth-order valence-electron chi connectivity index (χ4n) is 3.83. The fourth-order valence-corrected chi connectivity index (χ4v) is 3.83. The third-order valence-electron chi connectivity index (χ3n) is 5.25. The number of rotatable bonds is 6. The molecule has 1 fully saturated rings. The summed E-state index contributed by atoms with van der Waals surface area (Å²) in [7, 11) is 0. The lowest BCUT2D eigenvalue weighted by Crippen LogP contribution is -2.36. The monoisotopic (exact) mass is 372 g/mol. The minimum atomic E-state index is -0.275. The van der Waals surface area contributed by atoms with Gasteiger partial charge in [0, 0.05) is 37.4 Å². The summed E-state index contributed by atoms with van der Waals surface area (Å²) >= 11 is 0. The van der Waals surface area contributed by atoms with Crippen LogP contribution in [-0.2, 0) is 13.0 Å². The molecule has 2 aromatic rings. The number of nitrogens with one attached hydrogen (secondary N) is 2. The first-order valence-electron chi connectivity index (χ1n) is 9.92. The Balaban J connectivity index is 1.47. The molecule has 0 saturated heterocycles. The molecule has 0 aliphatic heterocycles. The predicted octanol–water partition coefficient (Wildman–Crippen LogP) is 4.27. The lowest BCUT2D eigenvalue weighted by molar-refractivity contribution is 0.240. The van der Waals surface area contributed by atoms with E-state index < -0.39 is 0 Å². The molecule has 2 N–H and O–H groups in total. The van der Waals surface area contributed by atoms with E-state index in [4.69, 9.17) is 0 Å². The van der Waals surface area contributed by atoms with Gasteiger partial charge in [-0.3, -0.25) is 0 Å². The second-order valence-corrected chi connectivity index (χ2v) is 7.32. The first-order valence-corrected chi connectivity index (χ1v) is 9.92. The normalized spacial score (nSPS) is 15.3. The number of aryl methyl sites for hydroxylation is 1. The maximum Gasteiger partial charge on any atom is 0.315 e. The molecule has 1 aromatic heterocycles. The quantitative estimate of drug-likeness (QED) is 0.744. The molecular weight excluding hydrogens is 343 g/mol. The van der Waals surface area contributed by atoms with E-state index in [9.17, 15) is 9.18 Å². The summed E-state index contributed by atoms with van der Waals surface area (Å²) in [6, 6.07) is 6.44. The zero-order valence-corrected chi connectivity index (χ0v) is 16.0. The number of imidazole rings is 1. The molecule has 0 bridgehead atoms. The van der Waals surface area contributed by atoms with Gasteiger partial charge in [-0.1, -0.05) is 37.8 Å². The van der Waals surface area contributed by atoms with Crippen LogP contribution in [0.25, 0.3) is 0 Å². The van der Waals surface area contributed by atoms with Crippen molar-refractivity contribution in [3.05, 3.63) is 53.4 Å². The van der Waals surface area contributed by atoms with Gasteiger partial charge >= 0.3 is 6.03 Å². The minimum Gasteiger partial charge on any atom is -0.338 e. The lowest BCUT2D eigenvalue weighted by atomic mass is 10.1. The molecule has 1 heterocycles. The van der Waals surface area contributed by atoms with Gasteiger partial charge in [-0.05, 0) is 37.5 Å². The van der Waals surface area contributed by atoms with E-state index in [-0.39, 0.29) is 11.8 Å². The molecule has 0 spiro atoms. The molecule has 0 radical (unpaired) electrons. The van der Waals surface area contributed by atoms with Gasteiger partial charge in [0.2, 0.25) is 0 Å². The number of aromatic nitrogens is 2.